The Morgan fingerprint density at radius 1 is 1.56 bits per heavy atom. The molecule has 18 heavy (non-hydrogen) atoms. The van der Waals surface area contributed by atoms with E-state index in [2.05, 4.69) is 10.2 Å². The summed E-state index contributed by atoms with van der Waals surface area (Å²) < 4.78 is 5.14. The van der Waals surface area contributed by atoms with E-state index < -0.39 is 0 Å². The Labute approximate surface area is 108 Å². The molecule has 3 unspecified atom stereocenters. The maximum atomic E-state index is 12.0. The molecule has 2 aliphatic heterocycles. The van der Waals surface area contributed by atoms with E-state index in [0.29, 0.717) is 13.2 Å². The van der Waals surface area contributed by atoms with E-state index in [9.17, 15) is 9.59 Å². The van der Waals surface area contributed by atoms with Crippen molar-refractivity contribution < 1.29 is 14.3 Å². The Morgan fingerprint density at radius 3 is 3.00 bits per heavy atom. The van der Waals surface area contributed by atoms with Crippen LogP contribution in [0.15, 0.2) is 0 Å². The Kier molecular flexibility index (Phi) is 4.22. The van der Waals surface area contributed by atoms with Gasteiger partial charge in [-0.2, -0.15) is 0 Å². The van der Waals surface area contributed by atoms with Crippen LogP contribution in [0, 0.1) is 5.92 Å². The molecule has 0 spiro atoms. The monoisotopic (exact) mass is 254 g/mol. The van der Waals surface area contributed by atoms with Gasteiger partial charge in [0.15, 0.2) is 0 Å². The van der Waals surface area contributed by atoms with Gasteiger partial charge in [-0.3, -0.25) is 14.5 Å². The van der Waals surface area contributed by atoms with Crippen LogP contribution in [-0.4, -0.2) is 48.6 Å². The van der Waals surface area contributed by atoms with Gasteiger partial charge in [-0.25, -0.2) is 0 Å². The summed E-state index contributed by atoms with van der Waals surface area (Å²) in [5.41, 5.74) is 0. The standard InChI is InChI=1S/C13H22N2O3/c1-3-10(13(17)18-4-2)15-7-5-6-9-11(15)8-14-12(9)16/h9-11H,3-8H2,1-2H3,(H,14,16). The number of piperidine rings is 1. The van der Waals surface area contributed by atoms with Crippen LogP contribution in [-0.2, 0) is 14.3 Å². The lowest BCUT2D eigenvalue weighted by Gasteiger charge is -2.39. The minimum absolute atomic E-state index is 0.0576. The minimum Gasteiger partial charge on any atom is -0.465 e. The number of amides is 1. The molecule has 3 atom stereocenters. The molecule has 2 saturated heterocycles. The normalized spacial score (nSPS) is 29.6. The summed E-state index contributed by atoms with van der Waals surface area (Å²) in [5, 5.41) is 2.91. The number of likely N-dealkylation sites (tertiary alicyclic amines) is 1. The first-order valence-electron chi connectivity index (χ1n) is 6.89. The zero-order valence-electron chi connectivity index (χ0n) is 11.1. The first kappa shape index (κ1) is 13.3. The Bertz CT molecular complexity index is 332. The van der Waals surface area contributed by atoms with E-state index in [1.165, 1.54) is 0 Å². The van der Waals surface area contributed by atoms with E-state index in [1.807, 2.05) is 13.8 Å². The summed E-state index contributed by atoms with van der Waals surface area (Å²) in [4.78, 5) is 25.9. The third kappa shape index (κ3) is 2.36. The summed E-state index contributed by atoms with van der Waals surface area (Å²) >= 11 is 0. The Balaban J connectivity index is 2.10. The molecule has 5 nitrogen and oxygen atoms in total. The number of nitrogens with zero attached hydrogens (tertiary/aromatic N) is 1. The van der Waals surface area contributed by atoms with Gasteiger partial charge in [-0.05, 0) is 32.7 Å². The summed E-state index contributed by atoms with van der Waals surface area (Å²) in [7, 11) is 0. The number of ether oxygens (including phenoxy) is 1. The van der Waals surface area contributed by atoms with Gasteiger partial charge in [0, 0.05) is 12.6 Å². The minimum atomic E-state index is -0.203. The van der Waals surface area contributed by atoms with Gasteiger partial charge in [0.1, 0.15) is 6.04 Å². The molecule has 102 valence electrons. The van der Waals surface area contributed by atoms with Crippen LogP contribution >= 0.6 is 0 Å². The molecular weight excluding hydrogens is 232 g/mol. The zero-order valence-corrected chi connectivity index (χ0v) is 11.1. The molecule has 5 heteroatoms. The molecule has 1 N–H and O–H groups in total. The van der Waals surface area contributed by atoms with E-state index >= 15 is 0 Å². The zero-order chi connectivity index (χ0) is 13.1. The number of fused-ring (bicyclic) bond motifs is 1. The van der Waals surface area contributed by atoms with E-state index in [-0.39, 0.29) is 29.9 Å². The molecule has 2 heterocycles. The summed E-state index contributed by atoms with van der Waals surface area (Å²) in [6, 6.07) is -0.0361. The van der Waals surface area contributed by atoms with Crippen molar-refractivity contribution in [1.82, 2.24) is 10.2 Å². The van der Waals surface area contributed by atoms with Crippen molar-refractivity contribution in [2.75, 3.05) is 19.7 Å². The average molecular weight is 254 g/mol. The number of esters is 1. The van der Waals surface area contributed by atoms with Crippen molar-refractivity contribution >= 4 is 11.9 Å². The predicted octanol–water partition coefficient (Wildman–Crippen LogP) is 0.539. The number of carbonyl (C=O) groups excluding carboxylic acids is 2. The van der Waals surface area contributed by atoms with Gasteiger partial charge < -0.3 is 10.1 Å². The van der Waals surface area contributed by atoms with Crippen molar-refractivity contribution in [2.45, 2.75) is 45.2 Å². The highest BCUT2D eigenvalue weighted by atomic mass is 16.5. The van der Waals surface area contributed by atoms with Gasteiger partial charge in [0.2, 0.25) is 5.91 Å². The molecule has 2 rings (SSSR count). The molecule has 0 bridgehead atoms. The molecule has 1 amide bonds. The maximum Gasteiger partial charge on any atom is 0.323 e. The molecule has 0 aromatic carbocycles. The SMILES string of the molecule is CCOC(=O)C(CC)N1CCCC2C(=O)NCC21. The lowest BCUT2D eigenvalue weighted by molar-refractivity contribution is -0.152. The molecule has 2 aliphatic rings. The van der Waals surface area contributed by atoms with Gasteiger partial charge in [-0.1, -0.05) is 6.92 Å². The Hall–Kier alpha value is -1.10. The largest absolute Gasteiger partial charge is 0.465 e. The molecule has 0 aliphatic carbocycles. The van der Waals surface area contributed by atoms with E-state index in [4.69, 9.17) is 4.74 Å². The summed E-state index contributed by atoms with van der Waals surface area (Å²) in [6.07, 6.45) is 2.65. The fraction of sp³-hybridized carbons (Fsp3) is 0.846. The second-order valence-electron chi connectivity index (χ2n) is 4.98. The average Bonchev–Trinajstić information content (AvgIpc) is 2.74. The highest BCUT2D eigenvalue weighted by molar-refractivity contribution is 5.82. The van der Waals surface area contributed by atoms with Gasteiger partial charge in [0.25, 0.3) is 0 Å². The van der Waals surface area contributed by atoms with Crippen molar-refractivity contribution in [3.8, 4) is 0 Å². The van der Waals surface area contributed by atoms with Crippen LogP contribution in [0.3, 0.4) is 0 Å². The van der Waals surface area contributed by atoms with Crippen molar-refractivity contribution in [1.29, 1.82) is 0 Å². The van der Waals surface area contributed by atoms with Crippen LogP contribution in [0.1, 0.15) is 33.1 Å². The van der Waals surface area contributed by atoms with Crippen molar-refractivity contribution in [3.05, 3.63) is 0 Å². The predicted molar refractivity (Wildman–Crippen MR) is 66.9 cm³/mol. The van der Waals surface area contributed by atoms with Gasteiger partial charge in [0.05, 0.1) is 12.5 Å². The van der Waals surface area contributed by atoms with Crippen LogP contribution in [0.5, 0.6) is 0 Å². The van der Waals surface area contributed by atoms with Crippen LogP contribution in [0.25, 0.3) is 0 Å². The Morgan fingerprint density at radius 2 is 2.33 bits per heavy atom. The second kappa shape index (κ2) is 5.69. The fourth-order valence-corrected chi connectivity index (χ4v) is 3.15. The fourth-order valence-electron chi connectivity index (χ4n) is 3.15. The number of hydrogen-bond acceptors (Lipinski definition) is 4. The second-order valence-corrected chi connectivity index (χ2v) is 4.98. The lowest BCUT2D eigenvalue weighted by Crippen LogP contribution is -2.53. The highest BCUT2D eigenvalue weighted by Gasteiger charge is 2.44. The van der Waals surface area contributed by atoms with Gasteiger partial charge in [-0.15, -0.1) is 0 Å². The highest BCUT2D eigenvalue weighted by Crippen LogP contribution is 2.29. The third-order valence-electron chi connectivity index (χ3n) is 3.99. The van der Waals surface area contributed by atoms with Crippen LogP contribution in [0.2, 0.25) is 0 Å². The number of nitrogens with one attached hydrogen (secondary N) is 1. The molecule has 2 fully saturated rings. The van der Waals surface area contributed by atoms with E-state index in [0.717, 1.165) is 25.8 Å². The smallest absolute Gasteiger partial charge is 0.323 e. The number of hydrogen-bond donors (Lipinski definition) is 1. The topological polar surface area (TPSA) is 58.6 Å². The summed E-state index contributed by atoms with van der Waals surface area (Å²) in [5.74, 6) is 0.0469. The first-order chi connectivity index (χ1) is 8.69. The lowest BCUT2D eigenvalue weighted by atomic mass is 9.90. The van der Waals surface area contributed by atoms with Gasteiger partial charge >= 0.3 is 5.97 Å². The van der Waals surface area contributed by atoms with Crippen molar-refractivity contribution in [2.24, 2.45) is 5.92 Å². The number of rotatable bonds is 4. The molecular formula is C13H22N2O3. The van der Waals surface area contributed by atoms with Crippen LogP contribution in [0.4, 0.5) is 0 Å². The molecule has 0 aromatic heterocycles. The summed E-state index contributed by atoms with van der Waals surface area (Å²) in [6.45, 7) is 5.78. The quantitative estimate of drug-likeness (QED) is 0.744. The third-order valence-corrected chi connectivity index (χ3v) is 3.99. The van der Waals surface area contributed by atoms with Crippen LogP contribution < -0.4 is 5.32 Å². The number of carbonyl (C=O) groups is 2. The molecule has 0 radical (unpaired) electrons. The van der Waals surface area contributed by atoms with Crippen molar-refractivity contribution in [3.63, 3.8) is 0 Å². The van der Waals surface area contributed by atoms with E-state index in [1.54, 1.807) is 0 Å². The maximum absolute atomic E-state index is 12.0. The molecule has 0 aromatic rings. The first-order valence-corrected chi connectivity index (χ1v) is 6.89. The molecule has 0 saturated carbocycles.